The maximum Gasteiger partial charge on any atom is 0.336 e. The number of carbonyl (C=O) groups excluding carboxylic acids is 2. The lowest BCUT2D eigenvalue weighted by Crippen LogP contribution is -2.15. The first-order valence-corrected chi connectivity index (χ1v) is 16.6. The summed E-state index contributed by atoms with van der Waals surface area (Å²) in [4.78, 5) is 23.1. The zero-order valence-corrected chi connectivity index (χ0v) is 31.3. The molecule has 2 unspecified atom stereocenters. The van der Waals surface area contributed by atoms with Gasteiger partial charge >= 0.3 is 5.97 Å². The summed E-state index contributed by atoms with van der Waals surface area (Å²) in [5.41, 5.74) is 8.17. The van der Waals surface area contributed by atoms with Gasteiger partial charge in [-0.1, -0.05) is 119 Å². The lowest BCUT2D eigenvalue weighted by Gasteiger charge is -2.14. The fraction of sp³-hybridized carbons (Fsp3) is 0.463. The first-order chi connectivity index (χ1) is 22.7. The van der Waals surface area contributed by atoms with Gasteiger partial charge in [0.25, 0.3) is 0 Å². The molecule has 5 radical (unpaired) electrons. The van der Waals surface area contributed by atoms with Gasteiger partial charge in [-0.25, -0.2) is 4.79 Å². The van der Waals surface area contributed by atoms with Crippen molar-refractivity contribution in [3.63, 3.8) is 0 Å². The van der Waals surface area contributed by atoms with Crippen LogP contribution in [0.5, 0.6) is 0 Å². The standard InChI is InChI=1S/C17H20O2.C13H14O3.C5H12.C5H10.CH4.B3/c1-12(2)9-15-13(3)16(18)10-17(15)19-11-14-7-5-4-6-8-14;1-9-10(2)13(16-12(9)14)15-8-11-6-4-3-5-7-11;2*1-4-5(2)3;;1-3-2/h4-9,17H,10-11H2,1-3H3;3-7,13H,8H2,1-2H3;5H,4H2,1-3H3;4H,1-3H3;1H4;. The highest BCUT2D eigenvalue weighted by Gasteiger charge is 2.29. The van der Waals surface area contributed by atoms with Gasteiger partial charge < -0.3 is 14.2 Å². The van der Waals surface area contributed by atoms with E-state index < -0.39 is 6.29 Å². The average molecular weight is 665 g/mol. The number of rotatable bonds is 8. The smallest absolute Gasteiger partial charge is 0.336 e. The van der Waals surface area contributed by atoms with Gasteiger partial charge in [0.05, 0.1) is 19.3 Å². The van der Waals surface area contributed by atoms with E-state index in [1.165, 1.54) is 17.6 Å². The summed E-state index contributed by atoms with van der Waals surface area (Å²) in [5.74, 6) is 0.802. The Hall–Kier alpha value is -3.35. The van der Waals surface area contributed by atoms with E-state index in [4.69, 9.17) is 14.2 Å². The molecule has 2 aliphatic rings. The summed E-state index contributed by atoms with van der Waals surface area (Å²) in [6.07, 6.45) is 5.31. The predicted molar refractivity (Wildman–Crippen MR) is 210 cm³/mol. The van der Waals surface area contributed by atoms with Crippen molar-refractivity contribution in [2.24, 2.45) is 5.92 Å². The van der Waals surface area contributed by atoms with Gasteiger partial charge in [0.1, 0.15) is 0 Å². The summed E-state index contributed by atoms with van der Waals surface area (Å²) in [7, 11) is 10.0. The zero-order chi connectivity index (χ0) is 36.6. The van der Waals surface area contributed by atoms with Gasteiger partial charge in [-0.05, 0) is 83.6 Å². The summed E-state index contributed by atoms with van der Waals surface area (Å²) in [6, 6.07) is 19.9. The molecule has 4 rings (SSSR count). The fourth-order valence-corrected chi connectivity index (χ4v) is 3.78. The maximum atomic E-state index is 11.8. The van der Waals surface area contributed by atoms with Crippen molar-refractivity contribution >= 4 is 34.3 Å². The second-order valence-corrected chi connectivity index (χ2v) is 12.4. The van der Waals surface area contributed by atoms with Crippen LogP contribution in [-0.4, -0.2) is 46.7 Å². The third-order valence-corrected chi connectivity index (χ3v) is 7.41. The molecule has 5 nitrogen and oxygen atoms in total. The number of benzene rings is 2. The van der Waals surface area contributed by atoms with Crippen molar-refractivity contribution in [1.29, 1.82) is 0 Å². The van der Waals surface area contributed by atoms with Crippen LogP contribution in [0.2, 0.25) is 0 Å². The molecule has 1 aliphatic carbocycles. The molecule has 263 valence electrons. The Bertz CT molecular complexity index is 1340. The zero-order valence-electron chi connectivity index (χ0n) is 31.3. The van der Waals surface area contributed by atoms with Gasteiger partial charge in [-0.15, -0.1) is 0 Å². The highest BCUT2D eigenvalue weighted by Crippen LogP contribution is 2.28. The Morgan fingerprint density at radius 2 is 1.29 bits per heavy atom. The monoisotopic (exact) mass is 665 g/mol. The van der Waals surface area contributed by atoms with Crippen LogP contribution in [0.4, 0.5) is 0 Å². The Balaban J connectivity index is 0. The first-order valence-electron chi connectivity index (χ1n) is 16.6. The van der Waals surface area contributed by atoms with E-state index in [2.05, 4.69) is 62.2 Å². The van der Waals surface area contributed by atoms with Gasteiger partial charge in [-0.2, -0.15) is 0 Å². The number of carbonyl (C=O) groups is 2. The quantitative estimate of drug-likeness (QED) is 0.160. The van der Waals surface area contributed by atoms with Crippen LogP contribution in [0.25, 0.3) is 0 Å². The Kier molecular flexibility index (Phi) is 26.8. The van der Waals surface area contributed by atoms with Gasteiger partial charge in [0.2, 0.25) is 6.29 Å². The van der Waals surface area contributed by atoms with E-state index in [-0.39, 0.29) is 25.3 Å². The van der Waals surface area contributed by atoms with Crippen molar-refractivity contribution in [3.05, 3.63) is 117 Å². The number of hydrogen-bond donors (Lipinski definition) is 0. The lowest BCUT2D eigenvalue weighted by molar-refractivity contribution is -0.161. The van der Waals surface area contributed by atoms with Crippen molar-refractivity contribution in [1.82, 2.24) is 0 Å². The molecule has 2 aromatic carbocycles. The Labute approximate surface area is 302 Å². The molecule has 0 saturated carbocycles. The van der Waals surface area contributed by atoms with E-state index in [0.29, 0.717) is 25.2 Å². The van der Waals surface area contributed by atoms with E-state index in [1.807, 2.05) is 95.3 Å². The van der Waals surface area contributed by atoms with Crippen LogP contribution in [0, 0.1) is 5.92 Å². The highest BCUT2D eigenvalue weighted by molar-refractivity contribution is 7.17. The Morgan fingerprint density at radius 3 is 1.63 bits per heavy atom. The van der Waals surface area contributed by atoms with E-state index in [9.17, 15) is 9.59 Å². The molecule has 1 aliphatic heterocycles. The van der Waals surface area contributed by atoms with Crippen LogP contribution in [0.3, 0.4) is 0 Å². The summed E-state index contributed by atoms with van der Waals surface area (Å²) in [5, 5.41) is 0. The lowest BCUT2D eigenvalue weighted by atomic mass is 9.40. The van der Waals surface area contributed by atoms with Crippen LogP contribution in [0.15, 0.2) is 106 Å². The minimum Gasteiger partial charge on any atom is -0.428 e. The largest absolute Gasteiger partial charge is 0.428 e. The Morgan fingerprint density at radius 1 is 0.857 bits per heavy atom. The highest BCUT2D eigenvalue weighted by atomic mass is 16.7. The van der Waals surface area contributed by atoms with Crippen molar-refractivity contribution in [2.45, 2.75) is 122 Å². The van der Waals surface area contributed by atoms with E-state index in [1.54, 1.807) is 6.92 Å². The second kappa shape index (κ2) is 27.5. The number of Topliss-reactive ketones (excluding diaryl/α,β-unsaturated/α-hetero) is 1. The van der Waals surface area contributed by atoms with E-state index >= 15 is 0 Å². The molecular weight excluding hydrogens is 605 g/mol. The predicted octanol–water partition coefficient (Wildman–Crippen LogP) is 9.77. The topological polar surface area (TPSA) is 61.8 Å². The third-order valence-electron chi connectivity index (χ3n) is 7.41. The summed E-state index contributed by atoms with van der Waals surface area (Å²) >= 11 is 0. The van der Waals surface area contributed by atoms with Crippen molar-refractivity contribution < 1.29 is 23.8 Å². The van der Waals surface area contributed by atoms with Crippen LogP contribution in [-0.2, 0) is 37.0 Å². The third kappa shape index (κ3) is 20.7. The average Bonchev–Trinajstić information content (AvgIpc) is 3.48. The summed E-state index contributed by atoms with van der Waals surface area (Å²) < 4.78 is 16.5. The molecule has 1 heterocycles. The normalized spacial score (nSPS) is 15.8. The second-order valence-electron chi connectivity index (χ2n) is 12.4. The molecule has 0 bridgehead atoms. The molecular formula is C41H60B3O5. The van der Waals surface area contributed by atoms with Crippen LogP contribution < -0.4 is 0 Å². The van der Waals surface area contributed by atoms with Crippen LogP contribution in [0.1, 0.15) is 108 Å². The minimum atomic E-state index is -0.521. The number of esters is 1. The molecule has 0 saturated heterocycles. The fourth-order valence-electron chi connectivity index (χ4n) is 3.78. The molecule has 2 aromatic rings. The van der Waals surface area contributed by atoms with Crippen LogP contribution >= 0.6 is 0 Å². The number of hydrogen-bond acceptors (Lipinski definition) is 5. The van der Waals surface area contributed by atoms with Gasteiger partial charge in [0, 0.05) is 40.1 Å². The van der Waals surface area contributed by atoms with Gasteiger partial charge in [-0.3, -0.25) is 4.79 Å². The first kappa shape index (κ1) is 47.8. The molecule has 49 heavy (non-hydrogen) atoms. The number of allylic oxidation sites excluding steroid dienone is 4. The molecule has 0 aromatic heterocycles. The molecule has 0 spiro atoms. The number of ketones is 1. The number of cyclic esters (lactones) is 1. The SMILES string of the molecule is C.CC(C)=CC1=C(C)C(=O)CC1OCc1ccccc1.CC1=C(C)C(OCc2ccccc2)OC1=O.CC=C(C)C.CCC(C)C.[B][B][B]. The maximum absolute atomic E-state index is 11.8. The molecule has 0 N–H and O–H groups in total. The molecule has 0 fully saturated rings. The van der Waals surface area contributed by atoms with E-state index in [0.717, 1.165) is 40.8 Å². The molecule has 2 atom stereocenters. The summed E-state index contributed by atoms with van der Waals surface area (Å²) in [6.45, 7) is 23.4. The van der Waals surface area contributed by atoms with Crippen molar-refractivity contribution in [2.75, 3.05) is 0 Å². The minimum absolute atomic E-state index is 0. The number of ether oxygens (including phenoxy) is 3. The van der Waals surface area contributed by atoms with Crippen molar-refractivity contribution in [3.8, 4) is 0 Å². The van der Waals surface area contributed by atoms with Gasteiger partial charge in [0.15, 0.2) is 5.78 Å². The molecule has 0 amide bonds. The molecule has 8 heteroatoms.